The van der Waals surface area contributed by atoms with E-state index in [-0.39, 0.29) is 60.8 Å². The standard InChI is InChI=1S/C48H58N4O13/c1-22-12-11-13-23(2)47(60)50-38-42(58)34-33(37-45(38)64-32-21-29(20-30(54)36(32)49-37)52-17-15-51(9)16-18-52)35-44(27(6)41(34)57)65-48(8,46(35)59)62-19-14-31(61-10)24(3)43(63-28(7)53)26(5)40(56)25(4)39(22)55/h11-14,19-22,24-26,31,39-40,43,55-57,59H,15-18H2,1-10H3,(H,50,60)/b12-11-,19-14?,23-13-/t22-,24-,25+,26-,31-,39-,40+,43+,48-/m0/s1. The lowest BCUT2D eigenvalue weighted by molar-refractivity contribution is -0.160. The predicted molar refractivity (Wildman–Crippen MR) is 245 cm³/mol. The lowest BCUT2D eigenvalue weighted by atomic mass is 9.78. The molecule has 5 N–H and O–H groups in total. The van der Waals surface area contributed by atoms with E-state index < -0.39 is 88.1 Å². The number of esters is 1. The minimum absolute atomic E-state index is 0.0337. The van der Waals surface area contributed by atoms with Gasteiger partial charge >= 0.3 is 11.8 Å². The van der Waals surface area contributed by atoms with Crippen molar-refractivity contribution >= 4 is 62.0 Å². The topological polar surface area (TPSA) is 231 Å². The number of rotatable bonds is 3. The molecule has 17 nitrogen and oxygen atoms in total. The largest absolute Gasteiger partial charge is 0.507 e. The first-order valence-corrected chi connectivity index (χ1v) is 21.8. The molecule has 0 unspecified atom stereocenters. The molecular formula is C48H58N4O13. The number of phenolic OH excluding ortho intramolecular Hbond substituents is 1. The molecule has 3 aromatic carbocycles. The van der Waals surface area contributed by atoms with Crippen molar-refractivity contribution in [2.24, 2.45) is 23.7 Å². The molecular weight excluding hydrogens is 841 g/mol. The molecule has 4 bridgehead atoms. The maximum atomic E-state index is 14.8. The number of nitrogens with zero attached hydrogens (tertiary/aromatic N) is 3. The molecule has 4 aromatic rings. The van der Waals surface area contributed by atoms with E-state index in [1.54, 1.807) is 45.9 Å². The third-order valence-corrected chi connectivity index (χ3v) is 13.3. The van der Waals surface area contributed by atoms with E-state index in [9.17, 15) is 39.6 Å². The highest BCUT2D eigenvalue weighted by molar-refractivity contribution is 6.16. The number of fused-ring (bicyclic) bond motifs is 2. The van der Waals surface area contributed by atoms with Crippen LogP contribution in [-0.4, -0.2) is 113 Å². The number of aromatic hydroxyl groups is 1. The van der Waals surface area contributed by atoms with Gasteiger partial charge in [-0.2, -0.15) is 0 Å². The molecule has 0 spiro atoms. The van der Waals surface area contributed by atoms with Crippen molar-refractivity contribution in [3.8, 4) is 11.5 Å². The fourth-order valence-corrected chi connectivity index (χ4v) is 9.12. The Morgan fingerprint density at radius 1 is 0.938 bits per heavy atom. The number of hydrogen-bond acceptors (Lipinski definition) is 16. The van der Waals surface area contributed by atoms with Gasteiger partial charge in [-0.15, -0.1) is 0 Å². The molecule has 0 radical (unpaired) electrons. The first-order valence-electron chi connectivity index (χ1n) is 21.8. The van der Waals surface area contributed by atoms with Gasteiger partial charge < -0.3 is 58.9 Å². The Labute approximate surface area is 375 Å². The molecule has 1 amide bonds. The summed E-state index contributed by atoms with van der Waals surface area (Å²) in [5.74, 6) is -6.92. The summed E-state index contributed by atoms with van der Waals surface area (Å²) in [5.41, 5.74) is -1.39. The van der Waals surface area contributed by atoms with Crippen molar-refractivity contribution in [1.82, 2.24) is 9.88 Å². The second-order valence-corrected chi connectivity index (χ2v) is 17.8. The Kier molecular flexibility index (Phi) is 13.1. The van der Waals surface area contributed by atoms with Crippen LogP contribution in [-0.2, 0) is 23.8 Å². The summed E-state index contributed by atoms with van der Waals surface area (Å²) in [7, 11) is 3.46. The average Bonchev–Trinajstić information content (AvgIpc) is 3.54. The number of hydrogen-bond donors (Lipinski definition) is 5. The number of carbonyl (C=O) groups excluding carboxylic acids is 2. The lowest BCUT2D eigenvalue weighted by Crippen LogP contribution is -2.46. The highest BCUT2D eigenvalue weighted by atomic mass is 16.7. The Balaban J connectivity index is 1.48. The Morgan fingerprint density at radius 3 is 2.29 bits per heavy atom. The molecule has 17 heteroatoms. The third kappa shape index (κ3) is 8.53. The fourth-order valence-electron chi connectivity index (χ4n) is 9.12. The van der Waals surface area contributed by atoms with Crippen molar-refractivity contribution in [3.63, 3.8) is 0 Å². The van der Waals surface area contributed by atoms with E-state index >= 15 is 0 Å². The van der Waals surface area contributed by atoms with E-state index in [1.165, 1.54) is 59.3 Å². The van der Waals surface area contributed by atoms with Gasteiger partial charge in [-0.05, 0) is 27.0 Å². The Bertz CT molecular complexity index is 2830. The summed E-state index contributed by atoms with van der Waals surface area (Å²) in [6.45, 7) is 15.4. The number of aliphatic hydroxyl groups is 3. The quantitative estimate of drug-likeness (QED) is 0.110. The zero-order valence-electron chi connectivity index (χ0n) is 38.3. The van der Waals surface area contributed by atoms with Crippen molar-refractivity contribution < 1.29 is 53.4 Å². The summed E-state index contributed by atoms with van der Waals surface area (Å²) < 4.78 is 30.4. The number of piperazine rings is 1. The van der Waals surface area contributed by atoms with Crippen molar-refractivity contribution in [1.29, 1.82) is 0 Å². The van der Waals surface area contributed by atoms with Gasteiger partial charge in [-0.3, -0.25) is 19.2 Å². The molecule has 3 aliphatic rings. The van der Waals surface area contributed by atoms with E-state index in [2.05, 4.69) is 10.2 Å². The second kappa shape index (κ2) is 18.1. The van der Waals surface area contributed by atoms with Crippen LogP contribution in [0.3, 0.4) is 0 Å². The van der Waals surface area contributed by atoms with E-state index in [0.29, 0.717) is 18.8 Å². The molecule has 9 atom stereocenters. The number of methoxy groups -OCH3 is 1. The van der Waals surface area contributed by atoms with Crippen LogP contribution in [0.5, 0.6) is 11.5 Å². The SMILES string of the molecule is CO[C@H]1C=CO[C@@]2(C)Oc3c(C)c(O)c4c(=O)c(c5oc6cc(N7CCN(C)CC7)cc(=O)c6nc5c4c3=C2O)NC(=O)/C(C)=C\C=C/[C@H](C)[C@H](O)[C@@H](C)[C@@H](O)[C@H](C)[C@H](OC(C)=O)[C@H]1C. The number of phenols is 1. The summed E-state index contributed by atoms with van der Waals surface area (Å²) >= 11 is 0. The predicted octanol–water partition coefficient (Wildman–Crippen LogP) is 4.31. The molecule has 3 aliphatic heterocycles. The number of allylic oxidation sites excluding steroid dienone is 2. The second-order valence-electron chi connectivity index (χ2n) is 17.8. The number of ether oxygens (including phenoxy) is 4. The van der Waals surface area contributed by atoms with Crippen LogP contribution in [0.25, 0.3) is 38.7 Å². The maximum Gasteiger partial charge on any atom is 0.307 e. The average molecular weight is 899 g/mol. The molecule has 65 heavy (non-hydrogen) atoms. The van der Waals surface area contributed by atoms with Gasteiger partial charge in [-0.25, -0.2) is 4.98 Å². The van der Waals surface area contributed by atoms with E-state index in [1.807, 2.05) is 11.9 Å². The van der Waals surface area contributed by atoms with Crippen molar-refractivity contribution in [2.45, 2.75) is 85.6 Å². The van der Waals surface area contributed by atoms with Crippen LogP contribution in [0.2, 0.25) is 0 Å². The highest BCUT2D eigenvalue weighted by Crippen LogP contribution is 2.42. The summed E-state index contributed by atoms with van der Waals surface area (Å²) in [5, 5.41) is 49.1. The fraction of sp³-hybridized carbons (Fsp3) is 0.479. The van der Waals surface area contributed by atoms with Gasteiger partial charge in [0.05, 0.1) is 35.2 Å². The Morgan fingerprint density at radius 2 is 1.63 bits per heavy atom. The highest BCUT2D eigenvalue weighted by Gasteiger charge is 2.44. The van der Waals surface area contributed by atoms with Gasteiger partial charge in [0.25, 0.3) is 5.91 Å². The number of anilines is 2. The zero-order chi connectivity index (χ0) is 47.4. The first kappa shape index (κ1) is 47.0. The molecule has 348 valence electrons. The van der Waals surface area contributed by atoms with Crippen LogP contribution >= 0.6 is 0 Å². The Hall–Kier alpha value is -6.01. The molecule has 7 rings (SSSR count). The van der Waals surface area contributed by atoms with Gasteiger partial charge in [-0.1, -0.05) is 45.9 Å². The minimum Gasteiger partial charge on any atom is -0.507 e. The van der Waals surface area contributed by atoms with Crippen LogP contribution in [0.4, 0.5) is 11.4 Å². The van der Waals surface area contributed by atoms with Crippen LogP contribution < -0.4 is 31.0 Å². The molecule has 1 saturated heterocycles. The number of aromatic nitrogens is 1. The number of likely N-dealkylation sites (N-methyl/N-ethyl adjacent to an activating group) is 1. The van der Waals surface area contributed by atoms with Gasteiger partial charge in [0.1, 0.15) is 28.8 Å². The van der Waals surface area contributed by atoms with Gasteiger partial charge in [0, 0.05) is 105 Å². The van der Waals surface area contributed by atoms with Gasteiger partial charge in [0.2, 0.25) is 10.9 Å². The van der Waals surface area contributed by atoms with E-state index in [0.717, 1.165) is 13.1 Å². The number of amides is 1. The lowest BCUT2D eigenvalue weighted by Gasteiger charge is -2.38. The van der Waals surface area contributed by atoms with Crippen LogP contribution in [0.1, 0.15) is 54.0 Å². The number of aliphatic hydroxyl groups excluding tert-OH is 3. The normalized spacial score (nSPS) is 29.7. The summed E-state index contributed by atoms with van der Waals surface area (Å²) in [6, 6.07) is 3.12. The molecule has 1 aromatic heterocycles. The van der Waals surface area contributed by atoms with Crippen LogP contribution in [0, 0.1) is 30.6 Å². The first-order chi connectivity index (χ1) is 30.7. The number of carbonyl (C=O) groups is 2. The molecule has 0 aliphatic carbocycles. The van der Waals surface area contributed by atoms with Gasteiger partial charge in [0.15, 0.2) is 22.4 Å². The van der Waals surface area contributed by atoms with Crippen molar-refractivity contribution in [2.75, 3.05) is 50.6 Å². The van der Waals surface area contributed by atoms with Crippen LogP contribution in [0.15, 0.2) is 62.3 Å². The maximum absolute atomic E-state index is 14.8. The molecule has 0 saturated carbocycles. The smallest absolute Gasteiger partial charge is 0.307 e. The molecule has 4 heterocycles. The van der Waals surface area contributed by atoms with Crippen molar-refractivity contribution in [3.05, 3.63) is 79.5 Å². The monoisotopic (exact) mass is 898 g/mol. The third-order valence-electron chi connectivity index (χ3n) is 13.3. The van der Waals surface area contributed by atoms with E-state index in [4.69, 9.17) is 28.3 Å². The number of nitrogens with one attached hydrogen (secondary N) is 1. The number of benzene rings is 3. The molecule has 1 fully saturated rings. The summed E-state index contributed by atoms with van der Waals surface area (Å²) in [6.07, 6.45) is 3.56. The zero-order valence-corrected chi connectivity index (χ0v) is 38.3. The minimum atomic E-state index is -1.98. The summed E-state index contributed by atoms with van der Waals surface area (Å²) in [4.78, 5) is 64.1.